The highest BCUT2D eigenvalue weighted by atomic mass is 16.5. The van der Waals surface area contributed by atoms with Gasteiger partial charge in [0, 0.05) is 50.4 Å². The molecular formula is C31H32N8O3. The summed E-state index contributed by atoms with van der Waals surface area (Å²) in [6.07, 6.45) is 7.62. The van der Waals surface area contributed by atoms with Gasteiger partial charge in [-0.25, -0.2) is 9.97 Å². The SMILES string of the molecule is COCCC(=O)N1CCCC(Nc2n[nH]c3nccc(Oc4ccc(C(Nc5cc(C#N)ccn5)=C5CC5)cc4)c23)C1. The minimum Gasteiger partial charge on any atom is -0.456 e. The van der Waals surface area contributed by atoms with Crippen molar-refractivity contribution in [3.8, 4) is 17.6 Å². The van der Waals surface area contributed by atoms with Gasteiger partial charge in [0.2, 0.25) is 5.91 Å². The number of benzene rings is 1. The molecule has 3 aromatic heterocycles. The second-order valence-corrected chi connectivity index (χ2v) is 10.4. The Kier molecular flexibility index (Phi) is 7.96. The lowest BCUT2D eigenvalue weighted by Gasteiger charge is -2.33. The van der Waals surface area contributed by atoms with Gasteiger partial charge >= 0.3 is 0 Å². The van der Waals surface area contributed by atoms with Crippen LogP contribution in [-0.4, -0.2) is 63.8 Å². The van der Waals surface area contributed by atoms with Crippen molar-refractivity contribution in [3.63, 3.8) is 0 Å². The molecule has 0 bridgehead atoms. The zero-order valence-corrected chi connectivity index (χ0v) is 23.4. The van der Waals surface area contributed by atoms with E-state index in [1.165, 1.54) is 5.57 Å². The summed E-state index contributed by atoms with van der Waals surface area (Å²) in [5, 5.41) is 24.4. The number of allylic oxidation sites excluding steroid dienone is 1. The molecular weight excluding hydrogens is 532 g/mol. The number of nitrogens with zero attached hydrogens (tertiary/aromatic N) is 5. The third-order valence-corrected chi connectivity index (χ3v) is 7.42. The van der Waals surface area contributed by atoms with Gasteiger partial charge in [-0.3, -0.25) is 9.89 Å². The Hall–Kier alpha value is -4.95. The lowest BCUT2D eigenvalue weighted by molar-refractivity contribution is -0.133. The third kappa shape index (κ3) is 6.19. The molecule has 1 amide bonds. The number of carbonyl (C=O) groups is 1. The van der Waals surface area contributed by atoms with Crippen LogP contribution in [0.1, 0.15) is 43.2 Å². The van der Waals surface area contributed by atoms with Crippen molar-refractivity contribution < 1.29 is 14.3 Å². The molecule has 214 valence electrons. The molecule has 2 fully saturated rings. The molecule has 6 rings (SSSR count). The van der Waals surface area contributed by atoms with E-state index in [2.05, 4.69) is 36.9 Å². The monoisotopic (exact) mass is 564 g/mol. The Bertz CT molecular complexity index is 1650. The van der Waals surface area contributed by atoms with E-state index in [1.54, 1.807) is 31.6 Å². The van der Waals surface area contributed by atoms with Crippen molar-refractivity contribution in [2.24, 2.45) is 0 Å². The number of hydrogen-bond acceptors (Lipinski definition) is 9. The minimum atomic E-state index is 0.0637. The maximum atomic E-state index is 12.5. The fraction of sp³-hybridized carbons (Fsp3) is 0.323. The van der Waals surface area contributed by atoms with Crippen molar-refractivity contribution in [1.29, 1.82) is 5.26 Å². The van der Waals surface area contributed by atoms with Crippen LogP contribution < -0.4 is 15.4 Å². The maximum Gasteiger partial charge on any atom is 0.224 e. The minimum absolute atomic E-state index is 0.0637. The normalized spacial score (nSPS) is 16.1. The van der Waals surface area contributed by atoms with Gasteiger partial charge in [-0.05, 0) is 73.2 Å². The smallest absolute Gasteiger partial charge is 0.224 e. The van der Waals surface area contributed by atoms with Gasteiger partial charge in [-0.15, -0.1) is 0 Å². The van der Waals surface area contributed by atoms with Gasteiger partial charge in [0.05, 0.1) is 24.7 Å². The van der Waals surface area contributed by atoms with Crippen molar-refractivity contribution in [1.82, 2.24) is 25.1 Å². The van der Waals surface area contributed by atoms with E-state index in [0.717, 1.165) is 48.9 Å². The molecule has 1 unspecified atom stereocenters. The molecule has 2 aliphatic rings. The number of hydrogen-bond donors (Lipinski definition) is 3. The average Bonchev–Trinajstić information content (AvgIpc) is 3.79. The van der Waals surface area contributed by atoms with Crippen molar-refractivity contribution in [2.45, 2.75) is 38.1 Å². The highest BCUT2D eigenvalue weighted by Crippen LogP contribution is 2.38. The van der Waals surface area contributed by atoms with Gasteiger partial charge in [-0.2, -0.15) is 10.4 Å². The number of piperidine rings is 1. The molecule has 4 heterocycles. The average molecular weight is 565 g/mol. The van der Waals surface area contributed by atoms with Crippen molar-refractivity contribution in [2.75, 3.05) is 37.4 Å². The molecule has 1 aliphatic carbocycles. The molecule has 4 aromatic rings. The molecule has 11 nitrogen and oxygen atoms in total. The number of likely N-dealkylation sites (tertiary alicyclic amines) is 1. The summed E-state index contributed by atoms with van der Waals surface area (Å²) in [6, 6.07) is 15.4. The van der Waals surface area contributed by atoms with E-state index >= 15 is 0 Å². The van der Waals surface area contributed by atoms with Crippen LogP contribution >= 0.6 is 0 Å². The van der Waals surface area contributed by atoms with Crippen LogP contribution in [0.5, 0.6) is 11.5 Å². The van der Waals surface area contributed by atoms with E-state index in [4.69, 9.17) is 9.47 Å². The van der Waals surface area contributed by atoms with Gasteiger partial charge in [0.1, 0.15) is 22.7 Å². The number of carbonyl (C=O) groups excluding carboxylic acids is 1. The molecule has 42 heavy (non-hydrogen) atoms. The lowest BCUT2D eigenvalue weighted by Crippen LogP contribution is -2.45. The molecule has 0 radical (unpaired) electrons. The number of H-pyrrole nitrogens is 1. The Balaban J connectivity index is 1.17. The lowest BCUT2D eigenvalue weighted by atomic mass is 10.1. The van der Waals surface area contributed by atoms with Crippen molar-refractivity contribution in [3.05, 3.63) is 71.6 Å². The van der Waals surface area contributed by atoms with Crippen molar-refractivity contribution >= 4 is 34.3 Å². The predicted molar refractivity (Wildman–Crippen MR) is 159 cm³/mol. The van der Waals surface area contributed by atoms with Crippen LogP contribution in [0.4, 0.5) is 11.6 Å². The molecule has 1 aromatic carbocycles. The molecule has 11 heteroatoms. The van der Waals surface area contributed by atoms with Crippen LogP contribution in [0.25, 0.3) is 16.7 Å². The second kappa shape index (κ2) is 12.3. The standard InChI is InChI=1S/C31H32N8O3/c1-41-16-12-27(40)39-15-2-3-23(19-39)35-31-28-25(11-14-34-30(28)37-38-31)42-24-8-6-22(7-9-24)29(21-4-5-21)36-26-17-20(18-32)10-13-33-26/h6-11,13-14,17,23H,2-5,12,15-16,19H2,1H3,(H,33,36)(H2,34,35,37,38). The van der Waals surface area contributed by atoms with Gasteiger partial charge in [-0.1, -0.05) is 0 Å². The zero-order chi connectivity index (χ0) is 28.9. The summed E-state index contributed by atoms with van der Waals surface area (Å²) in [4.78, 5) is 23.2. The van der Waals surface area contributed by atoms with Gasteiger partial charge in [0.25, 0.3) is 0 Å². The number of nitrogens with one attached hydrogen (secondary N) is 3. The highest BCUT2D eigenvalue weighted by Gasteiger charge is 2.25. The number of fused-ring (bicyclic) bond motifs is 1. The third-order valence-electron chi connectivity index (χ3n) is 7.42. The van der Waals surface area contributed by atoms with Crippen LogP contribution in [-0.2, 0) is 9.53 Å². The largest absolute Gasteiger partial charge is 0.456 e. The molecule has 1 atom stereocenters. The number of ether oxygens (including phenoxy) is 2. The van der Waals surface area contributed by atoms with Crippen LogP contribution in [0.2, 0.25) is 0 Å². The first kappa shape index (κ1) is 27.2. The Labute approximate surface area is 243 Å². The fourth-order valence-corrected chi connectivity index (χ4v) is 5.16. The van der Waals surface area contributed by atoms with E-state index in [0.29, 0.717) is 53.9 Å². The molecule has 3 N–H and O–H groups in total. The van der Waals surface area contributed by atoms with Crippen LogP contribution in [0.3, 0.4) is 0 Å². The first-order chi connectivity index (χ1) is 20.6. The topological polar surface area (TPSA) is 141 Å². The summed E-state index contributed by atoms with van der Waals surface area (Å²) < 4.78 is 11.4. The Morgan fingerprint density at radius 3 is 2.79 bits per heavy atom. The van der Waals surface area contributed by atoms with Gasteiger partial charge in [0.15, 0.2) is 11.5 Å². The van der Waals surface area contributed by atoms with E-state index in [9.17, 15) is 10.1 Å². The van der Waals surface area contributed by atoms with Crippen LogP contribution in [0, 0.1) is 11.3 Å². The number of aromatic nitrogens is 4. The van der Waals surface area contributed by atoms with E-state index in [-0.39, 0.29) is 11.9 Å². The number of nitriles is 1. The summed E-state index contributed by atoms with van der Waals surface area (Å²) in [5.74, 6) is 2.70. The summed E-state index contributed by atoms with van der Waals surface area (Å²) in [6.45, 7) is 1.79. The summed E-state index contributed by atoms with van der Waals surface area (Å²) in [7, 11) is 1.61. The molecule has 1 aliphatic heterocycles. The molecule has 1 saturated carbocycles. The fourth-order valence-electron chi connectivity index (χ4n) is 5.16. The molecule has 0 spiro atoms. The quantitative estimate of drug-likeness (QED) is 0.241. The number of pyridine rings is 2. The molecule has 1 saturated heterocycles. The van der Waals surface area contributed by atoms with E-state index < -0.39 is 0 Å². The summed E-state index contributed by atoms with van der Waals surface area (Å²) >= 11 is 0. The number of methoxy groups -OCH3 is 1. The first-order valence-electron chi connectivity index (χ1n) is 14.1. The number of anilines is 2. The van der Waals surface area contributed by atoms with Crippen LogP contribution in [0.15, 0.2) is 60.4 Å². The summed E-state index contributed by atoms with van der Waals surface area (Å²) in [5.41, 5.74) is 4.53. The number of rotatable bonds is 10. The zero-order valence-electron chi connectivity index (χ0n) is 23.4. The Morgan fingerprint density at radius 1 is 1.17 bits per heavy atom. The number of aromatic amines is 1. The highest BCUT2D eigenvalue weighted by molar-refractivity contribution is 5.93. The van der Waals surface area contributed by atoms with Gasteiger partial charge < -0.3 is 25.0 Å². The van der Waals surface area contributed by atoms with E-state index in [1.807, 2.05) is 35.2 Å². The Morgan fingerprint density at radius 2 is 2.00 bits per heavy atom. The predicted octanol–water partition coefficient (Wildman–Crippen LogP) is 5.07. The maximum absolute atomic E-state index is 12.5. The second-order valence-electron chi connectivity index (χ2n) is 10.4. The first-order valence-corrected chi connectivity index (χ1v) is 14.1. The number of amides is 1.